The van der Waals surface area contributed by atoms with E-state index < -0.39 is 0 Å². The van der Waals surface area contributed by atoms with E-state index in [-0.39, 0.29) is 30.5 Å². The van der Waals surface area contributed by atoms with Crippen molar-refractivity contribution in [2.75, 3.05) is 13.1 Å². The second-order valence-electron chi connectivity index (χ2n) is 5.13. The highest BCUT2D eigenvalue weighted by atomic mass is 79.9. The Kier molecular flexibility index (Phi) is 8.07. The van der Waals surface area contributed by atoms with E-state index in [0.717, 1.165) is 36.0 Å². The van der Waals surface area contributed by atoms with Gasteiger partial charge in [0.05, 0.1) is 12.6 Å². The van der Waals surface area contributed by atoms with Gasteiger partial charge in [0.15, 0.2) is 0 Å². The van der Waals surface area contributed by atoms with E-state index >= 15 is 0 Å². The molecule has 118 valence electrons. The zero-order chi connectivity index (χ0) is 14.4. The third-order valence-electron chi connectivity index (χ3n) is 3.32. The molecule has 0 aliphatic carbocycles. The lowest BCUT2D eigenvalue weighted by Gasteiger charge is -2.23. The standard InChI is InChI=1S/C15H21BrN2O2.ClH/c1-11(20-13-6-4-5-12(16)9-13)10-18-15(19)14-7-2-3-8-17-14;/h4-6,9,11,14,17H,2-3,7-8,10H2,1H3,(H,18,19);1H. The monoisotopic (exact) mass is 376 g/mol. The summed E-state index contributed by atoms with van der Waals surface area (Å²) in [5.74, 6) is 0.881. The first-order chi connectivity index (χ1) is 9.65. The molecule has 1 fully saturated rings. The molecule has 2 atom stereocenters. The minimum absolute atomic E-state index is 0. The molecule has 1 saturated heterocycles. The Morgan fingerprint density at radius 3 is 3.00 bits per heavy atom. The Morgan fingerprint density at radius 2 is 2.33 bits per heavy atom. The summed E-state index contributed by atoms with van der Waals surface area (Å²) >= 11 is 3.41. The fourth-order valence-corrected chi connectivity index (χ4v) is 2.64. The fraction of sp³-hybridized carbons (Fsp3) is 0.533. The quantitative estimate of drug-likeness (QED) is 0.829. The van der Waals surface area contributed by atoms with Crippen LogP contribution in [0.25, 0.3) is 0 Å². The zero-order valence-electron chi connectivity index (χ0n) is 12.1. The smallest absolute Gasteiger partial charge is 0.237 e. The van der Waals surface area contributed by atoms with Crippen LogP contribution >= 0.6 is 28.3 Å². The lowest BCUT2D eigenvalue weighted by molar-refractivity contribution is -0.124. The average molecular weight is 378 g/mol. The molecule has 1 aliphatic rings. The van der Waals surface area contributed by atoms with Crippen LogP contribution in [-0.4, -0.2) is 31.1 Å². The van der Waals surface area contributed by atoms with E-state index in [2.05, 4.69) is 26.6 Å². The Labute approximate surface area is 140 Å². The number of halogens is 2. The lowest BCUT2D eigenvalue weighted by Crippen LogP contribution is -2.48. The molecule has 1 aromatic rings. The summed E-state index contributed by atoms with van der Waals surface area (Å²) in [4.78, 5) is 12.0. The minimum atomic E-state index is -0.0585. The Hall–Kier alpha value is -0.780. The summed E-state index contributed by atoms with van der Waals surface area (Å²) in [6.45, 7) is 3.40. The van der Waals surface area contributed by atoms with Crippen molar-refractivity contribution in [2.45, 2.75) is 38.3 Å². The van der Waals surface area contributed by atoms with Crippen molar-refractivity contribution in [2.24, 2.45) is 0 Å². The topological polar surface area (TPSA) is 50.4 Å². The van der Waals surface area contributed by atoms with Crippen molar-refractivity contribution in [3.8, 4) is 5.75 Å². The number of ether oxygens (including phenoxy) is 1. The average Bonchev–Trinajstić information content (AvgIpc) is 2.46. The molecular formula is C15H22BrClN2O2. The molecule has 1 aromatic carbocycles. The van der Waals surface area contributed by atoms with Crippen LogP contribution in [0.1, 0.15) is 26.2 Å². The molecule has 2 unspecified atom stereocenters. The highest BCUT2D eigenvalue weighted by Crippen LogP contribution is 2.18. The predicted octanol–water partition coefficient (Wildman–Crippen LogP) is 2.90. The van der Waals surface area contributed by atoms with Crippen molar-refractivity contribution < 1.29 is 9.53 Å². The van der Waals surface area contributed by atoms with Crippen LogP contribution in [0.2, 0.25) is 0 Å². The van der Waals surface area contributed by atoms with Crippen molar-refractivity contribution >= 4 is 34.2 Å². The van der Waals surface area contributed by atoms with E-state index in [1.807, 2.05) is 31.2 Å². The summed E-state index contributed by atoms with van der Waals surface area (Å²) < 4.78 is 6.75. The number of rotatable bonds is 5. The second kappa shape index (κ2) is 9.28. The maximum absolute atomic E-state index is 12.0. The molecule has 0 saturated carbocycles. The van der Waals surface area contributed by atoms with Crippen LogP contribution in [-0.2, 0) is 4.79 Å². The highest BCUT2D eigenvalue weighted by molar-refractivity contribution is 9.10. The molecule has 0 bridgehead atoms. The van der Waals surface area contributed by atoms with Crippen LogP contribution in [0.4, 0.5) is 0 Å². The van der Waals surface area contributed by atoms with Gasteiger partial charge in [-0.3, -0.25) is 4.79 Å². The zero-order valence-corrected chi connectivity index (χ0v) is 14.5. The van der Waals surface area contributed by atoms with Crippen LogP contribution in [0.5, 0.6) is 5.75 Å². The third-order valence-corrected chi connectivity index (χ3v) is 3.82. The maximum Gasteiger partial charge on any atom is 0.237 e. The number of hydrogen-bond donors (Lipinski definition) is 2. The summed E-state index contributed by atoms with van der Waals surface area (Å²) in [5, 5.41) is 6.19. The highest BCUT2D eigenvalue weighted by Gasteiger charge is 2.20. The van der Waals surface area contributed by atoms with Crippen LogP contribution in [0.3, 0.4) is 0 Å². The van der Waals surface area contributed by atoms with Gasteiger partial charge in [-0.05, 0) is 44.5 Å². The van der Waals surface area contributed by atoms with E-state index in [1.54, 1.807) is 0 Å². The first-order valence-corrected chi connectivity index (χ1v) is 7.88. The Balaban J connectivity index is 0.00000220. The van der Waals surface area contributed by atoms with Gasteiger partial charge in [-0.2, -0.15) is 0 Å². The lowest BCUT2D eigenvalue weighted by atomic mass is 10.0. The summed E-state index contributed by atoms with van der Waals surface area (Å²) in [6, 6.07) is 7.67. The van der Waals surface area contributed by atoms with E-state index in [4.69, 9.17) is 4.74 Å². The van der Waals surface area contributed by atoms with Crippen molar-refractivity contribution in [1.29, 1.82) is 0 Å². The molecule has 0 aromatic heterocycles. The van der Waals surface area contributed by atoms with Gasteiger partial charge in [0, 0.05) is 4.47 Å². The van der Waals surface area contributed by atoms with E-state index in [0.29, 0.717) is 6.54 Å². The molecule has 21 heavy (non-hydrogen) atoms. The molecule has 1 aliphatic heterocycles. The van der Waals surface area contributed by atoms with Crippen LogP contribution < -0.4 is 15.4 Å². The van der Waals surface area contributed by atoms with E-state index in [9.17, 15) is 4.79 Å². The minimum Gasteiger partial charge on any atom is -0.489 e. The largest absolute Gasteiger partial charge is 0.489 e. The molecule has 6 heteroatoms. The number of carbonyl (C=O) groups excluding carboxylic acids is 1. The number of carbonyl (C=O) groups is 1. The summed E-state index contributed by atoms with van der Waals surface area (Å²) in [7, 11) is 0. The molecule has 4 nitrogen and oxygen atoms in total. The molecule has 1 amide bonds. The van der Waals surface area contributed by atoms with Gasteiger partial charge >= 0.3 is 0 Å². The number of piperidine rings is 1. The van der Waals surface area contributed by atoms with Gasteiger partial charge in [-0.15, -0.1) is 12.4 Å². The molecule has 2 N–H and O–H groups in total. The van der Waals surface area contributed by atoms with Crippen LogP contribution in [0.15, 0.2) is 28.7 Å². The molecule has 1 heterocycles. The Morgan fingerprint density at radius 1 is 1.52 bits per heavy atom. The van der Waals surface area contributed by atoms with Crippen molar-refractivity contribution in [3.63, 3.8) is 0 Å². The van der Waals surface area contributed by atoms with Crippen molar-refractivity contribution in [3.05, 3.63) is 28.7 Å². The van der Waals surface area contributed by atoms with Gasteiger partial charge in [0.1, 0.15) is 11.9 Å². The third kappa shape index (κ3) is 6.24. The van der Waals surface area contributed by atoms with Crippen molar-refractivity contribution in [1.82, 2.24) is 10.6 Å². The number of hydrogen-bond acceptors (Lipinski definition) is 3. The first-order valence-electron chi connectivity index (χ1n) is 7.08. The van der Waals surface area contributed by atoms with Gasteiger partial charge in [0.2, 0.25) is 5.91 Å². The maximum atomic E-state index is 12.0. The van der Waals surface area contributed by atoms with Gasteiger partial charge in [-0.1, -0.05) is 28.4 Å². The molecule has 0 radical (unpaired) electrons. The van der Waals surface area contributed by atoms with Gasteiger partial charge < -0.3 is 15.4 Å². The SMILES string of the molecule is CC(CNC(=O)C1CCCCN1)Oc1cccc(Br)c1.Cl. The molecular weight excluding hydrogens is 356 g/mol. The fourth-order valence-electron chi connectivity index (χ4n) is 2.26. The Bertz CT molecular complexity index is 453. The number of benzene rings is 1. The first kappa shape index (κ1) is 18.3. The van der Waals surface area contributed by atoms with E-state index in [1.165, 1.54) is 0 Å². The number of amides is 1. The van der Waals surface area contributed by atoms with Gasteiger partial charge in [0.25, 0.3) is 0 Å². The van der Waals surface area contributed by atoms with Gasteiger partial charge in [-0.25, -0.2) is 0 Å². The van der Waals surface area contributed by atoms with Crippen LogP contribution in [0, 0.1) is 0 Å². The summed E-state index contributed by atoms with van der Waals surface area (Å²) in [6.07, 6.45) is 3.14. The molecule has 0 spiro atoms. The second-order valence-corrected chi connectivity index (χ2v) is 6.05. The normalized spacial score (nSPS) is 19.2. The predicted molar refractivity (Wildman–Crippen MR) is 90.1 cm³/mol. The number of nitrogens with one attached hydrogen (secondary N) is 2. The molecule has 2 rings (SSSR count). The summed E-state index contributed by atoms with van der Waals surface area (Å²) in [5.41, 5.74) is 0.